The number of nitrogens with two attached hydrogens (primary N) is 1. The van der Waals surface area contributed by atoms with E-state index in [9.17, 15) is 9.36 Å². The second kappa shape index (κ2) is 11.9. The van der Waals surface area contributed by atoms with E-state index in [4.69, 9.17) is 19.5 Å². The molecule has 0 bridgehead atoms. The Balaban J connectivity index is 1.46. The molecule has 0 saturated heterocycles. The van der Waals surface area contributed by atoms with Crippen LogP contribution in [0.15, 0.2) is 66.5 Å². The summed E-state index contributed by atoms with van der Waals surface area (Å²) >= 11 is 1.49. The number of thioether (sulfide) groups is 1. The molecule has 37 heavy (non-hydrogen) atoms. The third-order valence-electron chi connectivity index (χ3n) is 5.59. The van der Waals surface area contributed by atoms with Gasteiger partial charge in [0, 0.05) is 11.7 Å². The van der Waals surface area contributed by atoms with Crippen LogP contribution in [0.2, 0.25) is 0 Å². The lowest BCUT2D eigenvalue weighted by Crippen LogP contribution is -2.34. The Kier molecular flexibility index (Phi) is 8.65. The number of nitrogen functional groups attached to an aromatic ring is 1. The molecule has 2 heterocycles. The monoisotopic (exact) mass is 544 g/mol. The van der Waals surface area contributed by atoms with Crippen LogP contribution in [0.5, 0.6) is 5.75 Å². The van der Waals surface area contributed by atoms with Gasteiger partial charge in [0.15, 0.2) is 5.65 Å². The molecule has 0 aliphatic heterocycles. The summed E-state index contributed by atoms with van der Waals surface area (Å²) in [7, 11) is -2.65. The number of rotatable bonds is 12. The summed E-state index contributed by atoms with van der Waals surface area (Å²) < 4.78 is 31.7. The minimum absolute atomic E-state index is 0.0541. The molecule has 2 unspecified atom stereocenters. The molecule has 1 aliphatic carbocycles. The number of nitrogens with one attached hydrogen (secondary N) is 1. The summed E-state index contributed by atoms with van der Waals surface area (Å²) in [6.07, 6.45) is 8.18. The van der Waals surface area contributed by atoms with Crippen LogP contribution in [-0.2, 0) is 18.6 Å². The van der Waals surface area contributed by atoms with Crippen LogP contribution in [0.1, 0.15) is 19.4 Å². The van der Waals surface area contributed by atoms with Gasteiger partial charge in [-0.1, -0.05) is 48.2 Å². The maximum absolute atomic E-state index is 13.6. The van der Waals surface area contributed by atoms with Crippen molar-refractivity contribution >= 4 is 42.6 Å². The summed E-state index contributed by atoms with van der Waals surface area (Å²) in [5.41, 5.74) is 7.27. The van der Waals surface area contributed by atoms with Gasteiger partial charge < -0.3 is 19.6 Å². The number of imidazole rings is 1. The van der Waals surface area contributed by atoms with Crippen LogP contribution < -0.4 is 15.3 Å². The summed E-state index contributed by atoms with van der Waals surface area (Å²) in [6.45, 7) is 5.37. The first-order valence-corrected chi connectivity index (χ1v) is 14.1. The smallest absolute Gasteiger partial charge is 0.459 e. The molecule has 1 aromatic carbocycles. The number of nitrogens with zero attached hydrogens (tertiary/aromatic N) is 4. The van der Waals surface area contributed by atoms with Crippen LogP contribution in [-0.4, -0.2) is 51.0 Å². The van der Waals surface area contributed by atoms with Crippen molar-refractivity contribution in [1.29, 1.82) is 0 Å². The van der Waals surface area contributed by atoms with E-state index in [2.05, 4.69) is 26.6 Å². The van der Waals surface area contributed by atoms with E-state index < -0.39 is 19.8 Å². The van der Waals surface area contributed by atoms with E-state index in [0.717, 1.165) is 0 Å². The van der Waals surface area contributed by atoms with Crippen LogP contribution in [0.3, 0.4) is 0 Å². The molecule has 11 nitrogen and oxygen atoms in total. The number of allylic oxidation sites excluding steroid dienone is 1. The van der Waals surface area contributed by atoms with Gasteiger partial charge in [-0.05, 0) is 25.5 Å². The first-order valence-electron chi connectivity index (χ1n) is 11.6. The zero-order chi connectivity index (χ0) is 26.4. The number of hydrogen-bond donors (Lipinski definition) is 2. The normalized spacial score (nSPS) is 19.4. The van der Waals surface area contributed by atoms with Crippen LogP contribution in [0.25, 0.3) is 11.2 Å². The molecule has 1 aliphatic rings. The molecule has 0 radical (unpaired) electrons. The molecule has 3 N–H and O–H groups in total. The third kappa shape index (κ3) is 6.58. The van der Waals surface area contributed by atoms with E-state index in [0.29, 0.717) is 34.1 Å². The van der Waals surface area contributed by atoms with Crippen molar-refractivity contribution in [2.75, 3.05) is 25.2 Å². The Hall–Kier alpha value is -3.18. The molecule has 0 amide bonds. The highest BCUT2D eigenvalue weighted by Crippen LogP contribution is 2.46. The zero-order valence-corrected chi connectivity index (χ0v) is 22.2. The first-order chi connectivity index (χ1) is 17.8. The van der Waals surface area contributed by atoms with E-state index >= 15 is 0 Å². The van der Waals surface area contributed by atoms with Gasteiger partial charge in [-0.2, -0.15) is 10.1 Å². The second-order valence-electron chi connectivity index (χ2n) is 8.33. The molecule has 4 atom stereocenters. The van der Waals surface area contributed by atoms with E-state index in [-0.39, 0.29) is 24.5 Å². The fourth-order valence-electron chi connectivity index (χ4n) is 3.84. The van der Waals surface area contributed by atoms with Crippen molar-refractivity contribution in [2.24, 2.45) is 5.92 Å². The van der Waals surface area contributed by atoms with Crippen LogP contribution in [0.4, 0.5) is 5.95 Å². The molecule has 3 aromatic rings. The highest BCUT2D eigenvalue weighted by atomic mass is 32.2. The summed E-state index contributed by atoms with van der Waals surface area (Å²) in [5, 5.41) is 3.37. The Labute approximate surface area is 219 Å². The topological polar surface area (TPSA) is 143 Å². The molecule has 196 valence electrons. The Bertz CT molecular complexity index is 1330. The number of methoxy groups -OCH3 is 1. The van der Waals surface area contributed by atoms with Crippen molar-refractivity contribution < 1.29 is 23.1 Å². The number of anilines is 1. The third-order valence-corrected chi connectivity index (χ3v) is 8.19. The Morgan fingerprint density at radius 1 is 1.35 bits per heavy atom. The average Bonchev–Trinajstić information content (AvgIpc) is 3.53. The van der Waals surface area contributed by atoms with Crippen molar-refractivity contribution in [3.05, 3.63) is 61.5 Å². The first kappa shape index (κ1) is 26.9. The fourth-order valence-corrected chi connectivity index (χ4v) is 6.10. The summed E-state index contributed by atoms with van der Waals surface area (Å²) in [5.74, 6) is 0.545. The zero-order valence-electron chi connectivity index (χ0n) is 20.5. The van der Waals surface area contributed by atoms with Gasteiger partial charge in [0.05, 0.1) is 26.1 Å². The van der Waals surface area contributed by atoms with Gasteiger partial charge in [0.2, 0.25) is 5.95 Å². The molecule has 2 aromatic heterocycles. The molecule has 4 rings (SSSR count). The lowest BCUT2D eigenvalue weighted by molar-refractivity contribution is -0.142. The van der Waals surface area contributed by atoms with Gasteiger partial charge >= 0.3 is 13.7 Å². The standard InChI is InChI=1S/C24H29N6O5PS/c1-4-12-37-22-20-21(27-24(25)28-22)30(15-26-20)18-11-10-17(13-18)14-34-36(32,29-16(2)23(31)33-3)35-19-8-6-5-7-9-19/h4-11,15-18H,1,12-14H2,2-3H3,(H,29,32)(H2,25,27,28)/t16?,17-,18+,36?/m1/s1. The molecule has 0 spiro atoms. The maximum atomic E-state index is 13.6. The number of esters is 1. The van der Waals surface area contributed by atoms with E-state index in [1.54, 1.807) is 36.7 Å². The predicted molar refractivity (Wildman–Crippen MR) is 142 cm³/mol. The molecule has 0 saturated carbocycles. The average molecular weight is 545 g/mol. The molecular formula is C24H29N6O5PS. The van der Waals surface area contributed by atoms with Gasteiger partial charge in [-0.25, -0.2) is 14.5 Å². The second-order valence-corrected chi connectivity index (χ2v) is 11.0. The SMILES string of the molecule is C=CCSc1nc(N)nc2c1ncn2[C@H]1C=C[C@@H](COP(=O)(NC(C)C(=O)OC)Oc2ccccc2)C1. The van der Waals surface area contributed by atoms with E-state index in [1.165, 1.54) is 25.8 Å². The Morgan fingerprint density at radius 2 is 2.14 bits per heavy atom. The largest absolute Gasteiger partial charge is 0.468 e. The van der Waals surface area contributed by atoms with Crippen molar-refractivity contribution in [3.63, 3.8) is 0 Å². The van der Waals surface area contributed by atoms with Crippen molar-refractivity contribution in [1.82, 2.24) is 24.6 Å². The number of benzene rings is 1. The molecular weight excluding hydrogens is 515 g/mol. The summed E-state index contributed by atoms with van der Waals surface area (Å²) in [4.78, 5) is 25.2. The van der Waals surface area contributed by atoms with Gasteiger partial charge in [-0.3, -0.25) is 9.32 Å². The van der Waals surface area contributed by atoms with Gasteiger partial charge in [0.25, 0.3) is 0 Å². The highest BCUT2D eigenvalue weighted by Gasteiger charge is 2.34. The van der Waals surface area contributed by atoms with Crippen LogP contribution in [0, 0.1) is 5.92 Å². The number of fused-ring (bicyclic) bond motifs is 1. The number of carbonyl (C=O) groups excluding carboxylic acids is 1. The fraction of sp³-hybridized carbons (Fsp3) is 0.333. The highest BCUT2D eigenvalue weighted by molar-refractivity contribution is 7.99. The van der Waals surface area contributed by atoms with Crippen LogP contribution >= 0.6 is 19.5 Å². The van der Waals surface area contributed by atoms with Gasteiger partial charge in [0.1, 0.15) is 22.3 Å². The van der Waals surface area contributed by atoms with Crippen molar-refractivity contribution in [2.45, 2.75) is 30.5 Å². The minimum atomic E-state index is -3.91. The number of para-hydroxylation sites is 1. The van der Waals surface area contributed by atoms with Gasteiger partial charge in [-0.15, -0.1) is 6.58 Å². The van der Waals surface area contributed by atoms with Crippen molar-refractivity contribution in [3.8, 4) is 5.75 Å². The minimum Gasteiger partial charge on any atom is -0.468 e. The molecule has 13 heteroatoms. The maximum Gasteiger partial charge on any atom is 0.459 e. The molecule has 0 fully saturated rings. The number of ether oxygens (including phenoxy) is 1. The lowest BCUT2D eigenvalue weighted by Gasteiger charge is -2.23. The predicted octanol–water partition coefficient (Wildman–Crippen LogP) is 4.16. The lowest BCUT2D eigenvalue weighted by atomic mass is 10.1. The Morgan fingerprint density at radius 3 is 2.86 bits per heavy atom. The number of hydrogen-bond acceptors (Lipinski definition) is 10. The number of carbonyl (C=O) groups is 1. The van der Waals surface area contributed by atoms with E-state index in [1.807, 2.05) is 22.8 Å². The quantitative estimate of drug-likeness (QED) is 0.111. The summed E-state index contributed by atoms with van der Waals surface area (Å²) in [6, 6.07) is 7.67. The number of aromatic nitrogens is 4.